The number of benzene rings is 1. The van der Waals surface area contributed by atoms with Crippen molar-refractivity contribution in [1.29, 1.82) is 0 Å². The number of hydrogen-bond donors (Lipinski definition) is 2. The lowest BCUT2D eigenvalue weighted by molar-refractivity contribution is 0.187. The summed E-state index contributed by atoms with van der Waals surface area (Å²) < 4.78 is 23.1. The number of carbonyl (C=O) groups excluding carboxylic acids is 1. The molecule has 3 rings (SSSR count). The molecule has 0 bridgehead atoms. The van der Waals surface area contributed by atoms with Gasteiger partial charge in [0.2, 0.25) is 10.0 Å². The van der Waals surface area contributed by atoms with Crippen molar-refractivity contribution in [3.8, 4) is 0 Å². The fourth-order valence-electron chi connectivity index (χ4n) is 4.41. The normalized spacial score (nSPS) is 20.8. The number of sulfonamides is 1. The number of nitrogens with two attached hydrogens (primary N) is 1. The molecule has 1 aromatic carbocycles. The van der Waals surface area contributed by atoms with Gasteiger partial charge in [-0.1, -0.05) is 31.4 Å². The molecule has 2 fully saturated rings. The van der Waals surface area contributed by atoms with Gasteiger partial charge in [-0.2, -0.15) is 0 Å². The lowest BCUT2D eigenvalue weighted by atomic mass is 9.89. The van der Waals surface area contributed by atoms with Crippen molar-refractivity contribution in [2.24, 2.45) is 11.1 Å². The summed E-state index contributed by atoms with van der Waals surface area (Å²) in [5.74, 6) is 0.815. The second kappa shape index (κ2) is 9.91. The molecule has 8 heteroatoms. The van der Waals surface area contributed by atoms with Gasteiger partial charge in [-0.15, -0.1) is 0 Å². The molecule has 29 heavy (non-hydrogen) atoms. The molecular weight excluding hydrogens is 388 g/mol. The molecule has 2 amide bonds. The third-order valence-electron chi connectivity index (χ3n) is 6.14. The van der Waals surface area contributed by atoms with Crippen LogP contribution in [0, 0.1) is 5.92 Å². The lowest BCUT2D eigenvalue weighted by Crippen LogP contribution is -2.43. The highest BCUT2D eigenvalue weighted by molar-refractivity contribution is 7.89. The zero-order chi connectivity index (χ0) is 20.9. The van der Waals surface area contributed by atoms with E-state index in [1.807, 2.05) is 11.8 Å². The van der Waals surface area contributed by atoms with Crippen LogP contribution in [0.4, 0.5) is 4.79 Å². The van der Waals surface area contributed by atoms with Gasteiger partial charge in [-0.05, 0) is 56.3 Å². The number of amides is 2. The van der Waals surface area contributed by atoms with Crippen molar-refractivity contribution in [2.45, 2.75) is 56.4 Å². The predicted molar refractivity (Wildman–Crippen MR) is 114 cm³/mol. The van der Waals surface area contributed by atoms with Crippen molar-refractivity contribution in [3.05, 3.63) is 29.8 Å². The van der Waals surface area contributed by atoms with Crippen LogP contribution in [0.25, 0.3) is 0 Å². The second-order valence-electron chi connectivity index (χ2n) is 8.43. The van der Waals surface area contributed by atoms with Crippen LogP contribution >= 0.6 is 0 Å². The van der Waals surface area contributed by atoms with E-state index in [-0.39, 0.29) is 17.0 Å². The summed E-state index contributed by atoms with van der Waals surface area (Å²) >= 11 is 0. The maximum atomic E-state index is 12.8. The first-order valence-corrected chi connectivity index (χ1v) is 12.3. The third kappa shape index (κ3) is 6.42. The predicted octanol–water partition coefficient (Wildman–Crippen LogP) is 2.69. The van der Waals surface area contributed by atoms with Gasteiger partial charge in [0.1, 0.15) is 0 Å². The first-order chi connectivity index (χ1) is 13.8. The molecule has 7 nitrogen and oxygen atoms in total. The zero-order valence-electron chi connectivity index (χ0n) is 17.3. The van der Waals surface area contributed by atoms with Gasteiger partial charge >= 0.3 is 6.03 Å². The molecule has 0 spiro atoms. The van der Waals surface area contributed by atoms with Gasteiger partial charge in [0.15, 0.2) is 0 Å². The second-order valence-corrected chi connectivity index (χ2v) is 10.00. The SMILES string of the molecule is C[C@@H](NC(=O)N1CCCN(CC2CCCCC2)CC1)c1cccc(S(N)(=O)=O)c1. The van der Waals surface area contributed by atoms with Crippen molar-refractivity contribution in [2.75, 3.05) is 32.7 Å². The van der Waals surface area contributed by atoms with Gasteiger partial charge < -0.3 is 15.1 Å². The fraction of sp³-hybridized carbons (Fsp3) is 0.667. The first kappa shape index (κ1) is 22.1. The molecule has 1 aliphatic heterocycles. The summed E-state index contributed by atoms with van der Waals surface area (Å²) in [5.41, 5.74) is 0.721. The molecular formula is C21H34N4O3S. The van der Waals surface area contributed by atoms with Crippen LogP contribution in [-0.4, -0.2) is 57.0 Å². The zero-order valence-corrected chi connectivity index (χ0v) is 18.2. The van der Waals surface area contributed by atoms with Crippen molar-refractivity contribution in [1.82, 2.24) is 15.1 Å². The molecule has 1 saturated carbocycles. The van der Waals surface area contributed by atoms with Gasteiger partial charge in [0, 0.05) is 26.2 Å². The van der Waals surface area contributed by atoms with E-state index in [1.54, 1.807) is 12.1 Å². The van der Waals surface area contributed by atoms with E-state index in [4.69, 9.17) is 5.14 Å². The Bertz CT molecular complexity index is 793. The monoisotopic (exact) mass is 422 g/mol. The summed E-state index contributed by atoms with van der Waals surface area (Å²) in [6.45, 7) is 6.45. The number of nitrogens with one attached hydrogen (secondary N) is 1. The standard InChI is InChI=1S/C21H34N4O3S/c1-17(19-9-5-10-20(15-19)29(22,27)28)23-21(26)25-12-6-11-24(13-14-25)16-18-7-3-2-4-8-18/h5,9-10,15,17-18H,2-4,6-8,11-14,16H2,1H3,(H,23,26)(H2,22,27,28)/t17-/m1/s1. The van der Waals surface area contributed by atoms with Crippen molar-refractivity contribution in [3.63, 3.8) is 0 Å². The average Bonchev–Trinajstić information content (AvgIpc) is 2.94. The van der Waals surface area contributed by atoms with E-state index in [0.29, 0.717) is 0 Å². The summed E-state index contributed by atoms with van der Waals surface area (Å²) in [7, 11) is -3.76. The van der Waals surface area contributed by atoms with Crippen LogP contribution in [0.15, 0.2) is 29.2 Å². The smallest absolute Gasteiger partial charge is 0.317 e. The first-order valence-electron chi connectivity index (χ1n) is 10.7. The Balaban J connectivity index is 1.52. The van der Waals surface area contributed by atoms with E-state index >= 15 is 0 Å². The Kier molecular flexibility index (Phi) is 7.54. The Hall–Kier alpha value is -1.64. The summed E-state index contributed by atoms with van der Waals surface area (Å²) in [6, 6.07) is 6.03. The molecule has 3 N–H and O–H groups in total. The number of rotatable bonds is 5. The largest absolute Gasteiger partial charge is 0.331 e. The molecule has 0 radical (unpaired) electrons. The van der Waals surface area contributed by atoms with Gasteiger partial charge in [-0.3, -0.25) is 0 Å². The van der Waals surface area contributed by atoms with Crippen LogP contribution in [-0.2, 0) is 10.0 Å². The Morgan fingerprint density at radius 2 is 1.90 bits per heavy atom. The summed E-state index contributed by atoms with van der Waals surface area (Å²) in [6.07, 6.45) is 7.76. The fourth-order valence-corrected chi connectivity index (χ4v) is 4.98. The number of hydrogen-bond acceptors (Lipinski definition) is 4. The van der Waals surface area contributed by atoms with Gasteiger partial charge in [0.25, 0.3) is 0 Å². The number of nitrogens with zero attached hydrogens (tertiary/aromatic N) is 2. The summed E-state index contributed by atoms with van der Waals surface area (Å²) in [4.78, 5) is 17.2. The summed E-state index contributed by atoms with van der Waals surface area (Å²) in [5, 5.41) is 8.21. The topological polar surface area (TPSA) is 95.7 Å². The molecule has 1 atom stereocenters. The maximum Gasteiger partial charge on any atom is 0.317 e. The highest BCUT2D eigenvalue weighted by atomic mass is 32.2. The molecule has 1 heterocycles. The highest BCUT2D eigenvalue weighted by Gasteiger charge is 2.23. The molecule has 1 aliphatic carbocycles. The van der Waals surface area contributed by atoms with Crippen LogP contribution in [0.2, 0.25) is 0 Å². The van der Waals surface area contributed by atoms with Gasteiger partial charge in [-0.25, -0.2) is 18.4 Å². The molecule has 0 aromatic heterocycles. The highest BCUT2D eigenvalue weighted by Crippen LogP contribution is 2.25. The average molecular weight is 423 g/mol. The third-order valence-corrected chi connectivity index (χ3v) is 7.05. The maximum absolute atomic E-state index is 12.8. The van der Waals surface area contributed by atoms with Gasteiger partial charge in [0.05, 0.1) is 10.9 Å². The van der Waals surface area contributed by atoms with E-state index in [9.17, 15) is 13.2 Å². The van der Waals surface area contributed by atoms with E-state index in [2.05, 4.69) is 10.2 Å². The van der Waals surface area contributed by atoms with Crippen LogP contribution in [0.3, 0.4) is 0 Å². The number of carbonyl (C=O) groups is 1. The number of primary sulfonamides is 1. The van der Waals surface area contributed by atoms with Crippen molar-refractivity contribution < 1.29 is 13.2 Å². The minimum Gasteiger partial charge on any atom is -0.331 e. The van der Waals surface area contributed by atoms with Crippen LogP contribution < -0.4 is 10.5 Å². The minimum atomic E-state index is -3.76. The van der Waals surface area contributed by atoms with E-state index in [0.717, 1.165) is 50.6 Å². The van der Waals surface area contributed by atoms with Crippen LogP contribution in [0.5, 0.6) is 0 Å². The van der Waals surface area contributed by atoms with E-state index < -0.39 is 10.0 Å². The Labute approximate surface area is 174 Å². The Morgan fingerprint density at radius 3 is 2.62 bits per heavy atom. The van der Waals surface area contributed by atoms with E-state index in [1.165, 1.54) is 44.2 Å². The molecule has 1 aromatic rings. The number of urea groups is 1. The molecule has 1 saturated heterocycles. The quantitative estimate of drug-likeness (QED) is 0.763. The Morgan fingerprint density at radius 1 is 1.14 bits per heavy atom. The van der Waals surface area contributed by atoms with Crippen LogP contribution in [0.1, 0.15) is 57.1 Å². The molecule has 2 aliphatic rings. The lowest BCUT2D eigenvalue weighted by Gasteiger charge is -2.29. The minimum absolute atomic E-state index is 0.0595. The molecule has 162 valence electrons. The molecule has 0 unspecified atom stereocenters. The van der Waals surface area contributed by atoms with Crippen molar-refractivity contribution >= 4 is 16.1 Å².